The molecule has 0 fully saturated rings. The summed E-state index contributed by atoms with van der Waals surface area (Å²) >= 11 is 0. The van der Waals surface area contributed by atoms with E-state index in [2.05, 4.69) is 5.10 Å². The molecule has 0 saturated carbocycles. The SMILES string of the molecule is CS(=O)(=O)c1ccc(-c2cnn(-c3ccccc3)c(=O)c2-c2ccc(F)cc2)cc1. The van der Waals surface area contributed by atoms with Crippen molar-refractivity contribution in [1.29, 1.82) is 0 Å². The zero-order valence-electron chi connectivity index (χ0n) is 16.0. The van der Waals surface area contributed by atoms with Crippen LogP contribution >= 0.6 is 0 Å². The number of rotatable bonds is 4. The Morgan fingerprint density at radius 2 is 1.43 bits per heavy atom. The molecule has 0 spiro atoms. The van der Waals surface area contributed by atoms with Gasteiger partial charge in [-0.25, -0.2) is 12.8 Å². The highest BCUT2D eigenvalue weighted by Crippen LogP contribution is 2.30. The van der Waals surface area contributed by atoms with Crippen molar-refractivity contribution in [1.82, 2.24) is 9.78 Å². The standard InChI is InChI=1S/C23H17FN2O3S/c1-30(28,29)20-13-9-16(10-14-20)21-15-25-26(19-5-3-2-4-6-19)23(27)22(21)17-7-11-18(24)12-8-17/h2-15H,1H3. The molecule has 7 heteroatoms. The second kappa shape index (κ2) is 7.68. The van der Waals surface area contributed by atoms with Gasteiger partial charge in [0.1, 0.15) is 5.82 Å². The second-order valence-corrected chi connectivity index (χ2v) is 8.80. The summed E-state index contributed by atoms with van der Waals surface area (Å²) in [6, 6.07) is 20.9. The quantitative estimate of drug-likeness (QED) is 0.498. The molecule has 0 amide bonds. The molecule has 150 valence electrons. The van der Waals surface area contributed by atoms with Crippen LogP contribution in [0, 0.1) is 5.82 Å². The Labute approximate surface area is 173 Å². The number of hydrogen-bond acceptors (Lipinski definition) is 4. The Bertz CT molecular complexity index is 1360. The van der Waals surface area contributed by atoms with Crippen molar-refractivity contribution in [3.8, 4) is 27.9 Å². The number of nitrogens with zero attached hydrogens (tertiary/aromatic N) is 2. The smallest absolute Gasteiger partial charge is 0.267 e. The maximum atomic E-state index is 13.5. The van der Waals surface area contributed by atoms with Gasteiger partial charge in [-0.3, -0.25) is 4.79 Å². The Morgan fingerprint density at radius 3 is 2.03 bits per heavy atom. The normalized spacial score (nSPS) is 11.4. The Balaban J connectivity index is 1.96. The molecular weight excluding hydrogens is 403 g/mol. The zero-order chi connectivity index (χ0) is 21.3. The summed E-state index contributed by atoms with van der Waals surface area (Å²) in [6.07, 6.45) is 2.69. The highest BCUT2D eigenvalue weighted by Gasteiger charge is 2.17. The topological polar surface area (TPSA) is 69.0 Å². The van der Waals surface area contributed by atoms with Crippen LogP contribution in [0.5, 0.6) is 0 Å². The second-order valence-electron chi connectivity index (χ2n) is 6.79. The summed E-state index contributed by atoms with van der Waals surface area (Å²) < 4.78 is 38.3. The minimum absolute atomic E-state index is 0.181. The summed E-state index contributed by atoms with van der Waals surface area (Å²) in [7, 11) is -3.34. The van der Waals surface area contributed by atoms with Gasteiger partial charge in [0.05, 0.1) is 22.3 Å². The first-order chi connectivity index (χ1) is 14.3. The molecule has 0 saturated heterocycles. The Morgan fingerprint density at radius 1 is 0.833 bits per heavy atom. The maximum Gasteiger partial charge on any atom is 0.279 e. The van der Waals surface area contributed by atoms with Gasteiger partial charge in [-0.2, -0.15) is 9.78 Å². The van der Waals surface area contributed by atoms with Crippen LogP contribution in [0.25, 0.3) is 27.9 Å². The van der Waals surface area contributed by atoms with Crippen molar-refractivity contribution in [3.63, 3.8) is 0 Å². The Kier molecular flexibility index (Phi) is 5.05. The molecule has 4 rings (SSSR count). The van der Waals surface area contributed by atoms with Crippen LogP contribution in [0.4, 0.5) is 4.39 Å². The maximum absolute atomic E-state index is 13.5. The Hall–Kier alpha value is -3.58. The van der Waals surface area contributed by atoms with Crippen molar-refractivity contribution in [2.24, 2.45) is 0 Å². The molecule has 0 unspecified atom stereocenters. The van der Waals surface area contributed by atoms with Gasteiger partial charge in [0.15, 0.2) is 9.84 Å². The fourth-order valence-corrected chi connectivity index (χ4v) is 3.83. The number of aromatic nitrogens is 2. The molecule has 1 aromatic heterocycles. The molecular formula is C23H17FN2O3S. The number of hydrogen-bond donors (Lipinski definition) is 0. The lowest BCUT2D eigenvalue weighted by Crippen LogP contribution is -2.23. The third kappa shape index (κ3) is 3.79. The average molecular weight is 420 g/mol. The van der Waals surface area contributed by atoms with E-state index in [9.17, 15) is 17.6 Å². The highest BCUT2D eigenvalue weighted by molar-refractivity contribution is 7.90. The van der Waals surface area contributed by atoms with Gasteiger partial charge in [-0.1, -0.05) is 42.5 Å². The molecule has 0 aliphatic heterocycles. The van der Waals surface area contributed by atoms with Gasteiger partial charge in [-0.15, -0.1) is 0 Å². The van der Waals surface area contributed by atoms with Crippen LogP contribution in [0.3, 0.4) is 0 Å². The molecule has 3 aromatic carbocycles. The van der Waals surface area contributed by atoms with E-state index in [-0.39, 0.29) is 10.5 Å². The lowest BCUT2D eigenvalue weighted by Gasteiger charge is -2.13. The van der Waals surface area contributed by atoms with Gasteiger partial charge >= 0.3 is 0 Å². The molecule has 4 aromatic rings. The first kappa shape index (κ1) is 19.7. The summed E-state index contributed by atoms with van der Waals surface area (Å²) in [4.78, 5) is 13.6. The zero-order valence-corrected chi connectivity index (χ0v) is 16.8. The summed E-state index contributed by atoms with van der Waals surface area (Å²) in [5.41, 5.74) is 2.28. The minimum atomic E-state index is -3.34. The van der Waals surface area contributed by atoms with E-state index in [4.69, 9.17) is 0 Å². The van der Waals surface area contributed by atoms with Crippen molar-refractivity contribution < 1.29 is 12.8 Å². The van der Waals surface area contributed by atoms with Crippen molar-refractivity contribution in [3.05, 3.63) is 101 Å². The molecule has 5 nitrogen and oxygen atoms in total. The number of sulfone groups is 1. The van der Waals surface area contributed by atoms with Gasteiger partial charge in [0, 0.05) is 11.8 Å². The number of benzene rings is 3. The van der Waals surface area contributed by atoms with Crippen molar-refractivity contribution in [2.45, 2.75) is 4.90 Å². The van der Waals surface area contributed by atoms with Crippen molar-refractivity contribution >= 4 is 9.84 Å². The molecule has 0 bridgehead atoms. The monoisotopic (exact) mass is 420 g/mol. The van der Waals surface area contributed by atoms with Crippen LogP contribution in [-0.4, -0.2) is 24.5 Å². The number of para-hydroxylation sites is 1. The highest BCUT2D eigenvalue weighted by atomic mass is 32.2. The van der Waals surface area contributed by atoms with Crippen LogP contribution in [0.2, 0.25) is 0 Å². The van der Waals surface area contributed by atoms with Crippen LogP contribution in [-0.2, 0) is 9.84 Å². The molecule has 0 N–H and O–H groups in total. The van der Waals surface area contributed by atoms with Gasteiger partial charge in [-0.05, 0) is 47.5 Å². The largest absolute Gasteiger partial charge is 0.279 e. The van der Waals surface area contributed by atoms with E-state index >= 15 is 0 Å². The average Bonchev–Trinajstić information content (AvgIpc) is 2.74. The minimum Gasteiger partial charge on any atom is -0.267 e. The van der Waals surface area contributed by atoms with Crippen molar-refractivity contribution in [2.75, 3.05) is 6.26 Å². The third-order valence-electron chi connectivity index (χ3n) is 4.71. The van der Waals surface area contributed by atoms with Gasteiger partial charge < -0.3 is 0 Å². The molecule has 1 heterocycles. The first-order valence-corrected chi connectivity index (χ1v) is 11.0. The van der Waals surface area contributed by atoms with Gasteiger partial charge in [0.2, 0.25) is 0 Å². The first-order valence-electron chi connectivity index (χ1n) is 9.09. The molecule has 30 heavy (non-hydrogen) atoms. The predicted molar refractivity (Wildman–Crippen MR) is 114 cm³/mol. The van der Waals surface area contributed by atoms with E-state index in [0.717, 1.165) is 6.26 Å². The number of halogens is 1. The van der Waals surface area contributed by atoms with E-state index < -0.39 is 15.7 Å². The lowest BCUT2D eigenvalue weighted by atomic mass is 9.97. The van der Waals surface area contributed by atoms with Crippen LogP contribution < -0.4 is 5.56 Å². The molecule has 0 aliphatic rings. The summed E-state index contributed by atoms with van der Waals surface area (Å²) in [5, 5.41) is 4.31. The van der Waals surface area contributed by atoms with Gasteiger partial charge in [0.25, 0.3) is 5.56 Å². The van der Waals surface area contributed by atoms with E-state index in [1.54, 1.807) is 42.6 Å². The predicted octanol–water partition coefficient (Wildman–Crippen LogP) is 4.11. The third-order valence-corrected chi connectivity index (χ3v) is 5.83. The summed E-state index contributed by atoms with van der Waals surface area (Å²) in [5.74, 6) is -0.407. The van der Waals surface area contributed by atoms with Crippen LogP contribution in [0.15, 0.2) is 94.7 Å². The molecule has 0 atom stereocenters. The van der Waals surface area contributed by atoms with E-state index in [1.165, 1.54) is 41.1 Å². The van der Waals surface area contributed by atoms with E-state index in [0.29, 0.717) is 27.9 Å². The molecule has 0 radical (unpaired) electrons. The fourth-order valence-electron chi connectivity index (χ4n) is 3.20. The van der Waals surface area contributed by atoms with E-state index in [1.807, 2.05) is 6.07 Å². The molecule has 0 aliphatic carbocycles. The van der Waals surface area contributed by atoms with Crippen LogP contribution in [0.1, 0.15) is 0 Å². The fraction of sp³-hybridized carbons (Fsp3) is 0.0435. The summed E-state index contributed by atoms with van der Waals surface area (Å²) in [6.45, 7) is 0. The lowest BCUT2D eigenvalue weighted by molar-refractivity contribution is 0.602.